The van der Waals surface area contributed by atoms with E-state index in [4.69, 9.17) is 9.15 Å². The monoisotopic (exact) mass is 392 g/mol. The van der Waals surface area contributed by atoms with Crippen LogP contribution in [0.25, 0.3) is 22.2 Å². The molecule has 2 aromatic heterocycles. The summed E-state index contributed by atoms with van der Waals surface area (Å²) in [6.07, 6.45) is 1.65. The maximum Gasteiger partial charge on any atom is 0.270 e. The number of non-ortho nitro benzene ring substituents is 1. The minimum atomic E-state index is -0.465. The minimum Gasteiger partial charge on any atom is -0.497 e. The molecule has 2 heterocycles. The Morgan fingerprint density at radius 3 is 2.93 bits per heavy atom. The second kappa shape index (κ2) is 7.47. The fourth-order valence-electron chi connectivity index (χ4n) is 3.01. The van der Waals surface area contributed by atoms with E-state index in [0.717, 1.165) is 10.9 Å². The summed E-state index contributed by atoms with van der Waals surface area (Å²) in [5.41, 5.74) is 2.52. The van der Waals surface area contributed by atoms with Crippen molar-refractivity contribution < 1.29 is 18.9 Å². The van der Waals surface area contributed by atoms with Crippen molar-refractivity contribution in [1.82, 2.24) is 10.2 Å². The molecule has 0 unspecified atom stereocenters. The first kappa shape index (κ1) is 18.2. The van der Waals surface area contributed by atoms with Crippen molar-refractivity contribution in [2.24, 2.45) is 0 Å². The van der Waals surface area contributed by atoms with Crippen molar-refractivity contribution in [3.05, 3.63) is 70.5 Å². The molecule has 2 aromatic carbocycles. The topological polar surface area (TPSA) is 123 Å². The van der Waals surface area contributed by atoms with E-state index in [1.54, 1.807) is 43.7 Å². The van der Waals surface area contributed by atoms with Crippen molar-refractivity contribution >= 4 is 28.4 Å². The fraction of sp³-hybridized carbons (Fsp3) is 0.100. The number of benzene rings is 2. The van der Waals surface area contributed by atoms with E-state index in [0.29, 0.717) is 28.4 Å². The highest BCUT2D eigenvalue weighted by Gasteiger charge is 2.14. The number of fused-ring (bicyclic) bond motifs is 1. The number of hydrogen-bond acceptors (Lipinski definition) is 6. The number of hydrogen-bond donors (Lipinski definition) is 2. The van der Waals surface area contributed by atoms with Gasteiger partial charge in [-0.3, -0.25) is 20.0 Å². The number of carbonyl (C=O) groups excluding carboxylic acids is 1. The second-order valence-corrected chi connectivity index (χ2v) is 6.32. The lowest BCUT2D eigenvalue weighted by atomic mass is 10.1. The van der Waals surface area contributed by atoms with Gasteiger partial charge >= 0.3 is 0 Å². The molecule has 2 N–H and O–H groups in total. The molecule has 1 amide bonds. The third-order valence-electron chi connectivity index (χ3n) is 4.43. The van der Waals surface area contributed by atoms with Crippen LogP contribution in [0.2, 0.25) is 0 Å². The van der Waals surface area contributed by atoms with Crippen LogP contribution in [0, 0.1) is 10.1 Å². The molecule has 0 saturated heterocycles. The van der Waals surface area contributed by atoms with E-state index >= 15 is 0 Å². The number of anilines is 1. The van der Waals surface area contributed by atoms with Crippen LogP contribution in [-0.4, -0.2) is 28.1 Å². The SMILES string of the molecule is COc1ccc2c(CC(=O)Nc3cc(-c4cccc([N+](=O)[O-])c4)[nH]n3)coc2c1. The van der Waals surface area contributed by atoms with Gasteiger partial charge in [0, 0.05) is 40.8 Å². The van der Waals surface area contributed by atoms with Gasteiger partial charge in [-0.2, -0.15) is 5.10 Å². The number of amides is 1. The number of nitro groups is 1. The van der Waals surface area contributed by atoms with Gasteiger partial charge < -0.3 is 14.5 Å². The lowest BCUT2D eigenvalue weighted by Gasteiger charge is -2.01. The van der Waals surface area contributed by atoms with Crippen molar-refractivity contribution in [3.63, 3.8) is 0 Å². The van der Waals surface area contributed by atoms with E-state index in [-0.39, 0.29) is 18.0 Å². The molecule has 0 bridgehead atoms. The molecule has 0 aliphatic rings. The highest BCUT2D eigenvalue weighted by molar-refractivity contribution is 5.95. The summed E-state index contributed by atoms with van der Waals surface area (Å²) in [5.74, 6) is 0.736. The third kappa shape index (κ3) is 3.79. The maximum absolute atomic E-state index is 12.4. The molecule has 0 aliphatic carbocycles. The van der Waals surface area contributed by atoms with Gasteiger partial charge in [-0.1, -0.05) is 12.1 Å². The van der Waals surface area contributed by atoms with E-state index in [2.05, 4.69) is 15.5 Å². The molecule has 9 heteroatoms. The Labute approximate surface area is 164 Å². The van der Waals surface area contributed by atoms with Gasteiger partial charge in [0.1, 0.15) is 11.3 Å². The number of carbonyl (C=O) groups is 1. The van der Waals surface area contributed by atoms with Gasteiger partial charge in [-0.15, -0.1) is 0 Å². The number of ether oxygens (including phenoxy) is 1. The Balaban J connectivity index is 1.47. The van der Waals surface area contributed by atoms with Crippen LogP contribution >= 0.6 is 0 Å². The third-order valence-corrected chi connectivity index (χ3v) is 4.43. The molecule has 0 spiro atoms. The average Bonchev–Trinajstić information content (AvgIpc) is 3.35. The van der Waals surface area contributed by atoms with Gasteiger partial charge in [0.05, 0.1) is 30.4 Å². The molecule has 0 atom stereocenters. The summed E-state index contributed by atoms with van der Waals surface area (Å²) in [6, 6.07) is 13.2. The summed E-state index contributed by atoms with van der Waals surface area (Å²) in [5, 5.41) is 21.3. The Bertz CT molecular complexity index is 1210. The molecular weight excluding hydrogens is 376 g/mol. The largest absolute Gasteiger partial charge is 0.497 e. The first-order valence-electron chi connectivity index (χ1n) is 8.67. The van der Waals surface area contributed by atoms with Gasteiger partial charge in [0.25, 0.3) is 5.69 Å². The van der Waals surface area contributed by atoms with Gasteiger partial charge in [-0.25, -0.2) is 0 Å². The molecule has 29 heavy (non-hydrogen) atoms. The molecule has 9 nitrogen and oxygen atoms in total. The molecular formula is C20H16N4O5. The van der Waals surface area contributed by atoms with Crippen molar-refractivity contribution in [2.75, 3.05) is 12.4 Å². The summed E-state index contributed by atoms with van der Waals surface area (Å²) < 4.78 is 10.7. The summed E-state index contributed by atoms with van der Waals surface area (Å²) >= 11 is 0. The number of H-pyrrole nitrogens is 1. The Kier molecular flexibility index (Phi) is 4.70. The van der Waals surface area contributed by atoms with Gasteiger partial charge in [-0.05, 0) is 12.1 Å². The number of aromatic nitrogens is 2. The molecule has 4 rings (SSSR count). The van der Waals surface area contributed by atoms with E-state index in [9.17, 15) is 14.9 Å². The second-order valence-electron chi connectivity index (χ2n) is 6.32. The van der Waals surface area contributed by atoms with E-state index in [1.807, 2.05) is 6.07 Å². The van der Waals surface area contributed by atoms with Crippen LogP contribution in [0.15, 0.2) is 59.2 Å². The summed E-state index contributed by atoms with van der Waals surface area (Å²) in [6.45, 7) is 0. The van der Waals surface area contributed by atoms with Crippen LogP contribution in [0.5, 0.6) is 5.75 Å². The number of aromatic amines is 1. The average molecular weight is 392 g/mol. The Hall–Kier alpha value is -4.14. The molecule has 0 saturated carbocycles. The zero-order valence-electron chi connectivity index (χ0n) is 15.3. The number of methoxy groups -OCH3 is 1. The highest BCUT2D eigenvalue weighted by atomic mass is 16.6. The molecule has 0 fully saturated rings. The van der Waals surface area contributed by atoms with Crippen LogP contribution in [0.1, 0.15) is 5.56 Å². The van der Waals surface area contributed by atoms with Crippen molar-refractivity contribution in [3.8, 4) is 17.0 Å². The summed E-state index contributed by atoms with van der Waals surface area (Å²) in [4.78, 5) is 22.9. The van der Waals surface area contributed by atoms with Crippen LogP contribution < -0.4 is 10.1 Å². The van der Waals surface area contributed by atoms with Crippen LogP contribution in [-0.2, 0) is 11.2 Å². The van der Waals surface area contributed by atoms with Crippen molar-refractivity contribution in [2.45, 2.75) is 6.42 Å². The standard InChI is InChI=1S/C20H16N4O5/c1-28-15-5-6-16-13(11-29-18(16)9-15)8-20(25)21-19-10-17(22-23-19)12-3-2-4-14(7-12)24(26)27/h2-7,9-11H,8H2,1H3,(H2,21,22,23,25). The van der Waals surface area contributed by atoms with Crippen LogP contribution in [0.4, 0.5) is 11.5 Å². The predicted octanol–water partition coefficient (Wildman–Crippen LogP) is 3.92. The maximum atomic E-state index is 12.4. The molecule has 4 aromatic rings. The quantitative estimate of drug-likeness (QED) is 0.379. The number of furan rings is 1. The number of nitrogens with one attached hydrogen (secondary N) is 2. The molecule has 0 aliphatic heterocycles. The van der Waals surface area contributed by atoms with E-state index < -0.39 is 4.92 Å². The normalized spacial score (nSPS) is 10.8. The zero-order valence-corrected chi connectivity index (χ0v) is 15.3. The van der Waals surface area contributed by atoms with E-state index in [1.165, 1.54) is 12.1 Å². The number of nitro benzene ring substituents is 1. The van der Waals surface area contributed by atoms with Gasteiger partial charge in [0.15, 0.2) is 5.82 Å². The molecule has 0 radical (unpaired) electrons. The number of rotatable bonds is 6. The predicted molar refractivity (Wildman–Crippen MR) is 106 cm³/mol. The van der Waals surface area contributed by atoms with Crippen molar-refractivity contribution in [1.29, 1.82) is 0 Å². The lowest BCUT2D eigenvalue weighted by Crippen LogP contribution is -2.14. The number of nitrogens with zero attached hydrogens (tertiary/aromatic N) is 2. The van der Waals surface area contributed by atoms with Crippen LogP contribution in [0.3, 0.4) is 0 Å². The Morgan fingerprint density at radius 1 is 1.28 bits per heavy atom. The fourth-order valence-corrected chi connectivity index (χ4v) is 3.01. The smallest absolute Gasteiger partial charge is 0.270 e. The summed E-state index contributed by atoms with van der Waals surface area (Å²) in [7, 11) is 1.57. The van der Waals surface area contributed by atoms with Gasteiger partial charge in [0.2, 0.25) is 5.91 Å². The highest BCUT2D eigenvalue weighted by Crippen LogP contribution is 2.27. The molecule has 146 valence electrons. The minimum absolute atomic E-state index is 0.0221. The first-order chi connectivity index (χ1) is 14.0. The lowest BCUT2D eigenvalue weighted by molar-refractivity contribution is -0.384. The first-order valence-corrected chi connectivity index (χ1v) is 8.67. The Morgan fingerprint density at radius 2 is 2.14 bits per heavy atom. The zero-order chi connectivity index (χ0) is 20.4.